The molecule has 124 valence electrons. The smallest absolute Gasteiger partial charge is 0.347 e. The molecular weight excluding hydrogens is 294 g/mol. The summed E-state index contributed by atoms with van der Waals surface area (Å²) in [5.41, 5.74) is 1.32. The summed E-state index contributed by atoms with van der Waals surface area (Å²) in [6.45, 7) is 8.21. The number of rotatable bonds is 5. The molecule has 2 rings (SSSR count). The number of ether oxygens (including phenoxy) is 1. The van der Waals surface area contributed by atoms with E-state index >= 15 is 0 Å². The fourth-order valence-corrected chi connectivity index (χ4v) is 2.21. The van der Waals surface area contributed by atoms with Crippen molar-refractivity contribution < 1.29 is 9.53 Å². The molecule has 0 amide bonds. The number of aromatic amines is 1. The summed E-state index contributed by atoms with van der Waals surface area (Å²) >= 11 is 0. The summed E-state index contributed by atoms with van der Waals surface area (Å²) in [5, 5.41) is 6.35. The van der Waals surface area contributed by atoms with E-state index in [4.69, 9.17) is 4.74 Å². The highest BCUT2D eigenvalue weighted by Gasteiger charge is 2.15. The van der Waals surface area contributed by atoms with Crippen LogP contribution in [0.3, 0.4) is 0 Å². The van der Waals surface area contributed by atoms with Gasteiger partial charge < -0.3 is 4.74 Å². The molecule has 0 saturated heterocycles. The molecule has 0 unspecified atom stereocenters. The van der Waals surface area contributed by atoms with Crippen LogP contribution in [0.25, 0.3) is 5.69 Å². The van der Waals surface area contributed by atoms with Gasteiger partial charge in [0.2, 0.25) is 0 Å². The summed E-state index contributed by atoms with van der Waals surface area (Å²) in [5.74, 6) is 0.351. The number of carbonyl (C=O) groups is 1. The van der Waals surface area contributed by atoms with Crippen molar-refractivity contribution in [2.45, 2.75) is 40.5 Å². The Labute approximate surface area is 135 Å². The molecule has 0 aliphatic rings. The second-order valence-electron chi connectivity index (χ2n) is 6.76. The first-order valence-electron chi connectivity index (χ1n) is 7.66. The first-order valence-corrected chi connectivity index (χ1v) is 7.66. The van der Waals surface area contributed by atoms with Crippen molar-refractivity contribution in [3.05, 3.63) is 46.1 Å². The molecule has 0 bridgehead atoms. The number of hydrogen-bond donors (Lipinski definition) is 1. The number of aryl methyl sites for hydroxylation is 2. The van der Waals surface area contributed by atoms with Crippen molar-refractivity contribution in [1.29, 1.82) is 0 Å². The van der Waals surface area contributed by atoms with Gasteiger partial charge in [-0.05, 0) is 30.4 Å². The molecule has 0 spiro atoms. The van der Waals surface area contributed by atoms with Crippen molar-refractivity contribution >= 4 is 5.97 Å². The lowest BCUT2D eigenvalue weighted by Gasteiger charge is -2.18. The molecule has 2 aromatic rings. The van der Waals surface area contributed by atoms with E-state index in [9.17, 15) is 9.59 Å². The third kappa shape index (κ3) is 4.55. The molecule has 6 nitrogen and oxygen atoms in total. The fraction of sp³-hybridized carbons (Fsp3) is 0.471. The Morgan fingerprint density at radius 1 is 1.30 bits per heavy atom. The van der Waals surface area contributed by atoms with Gasteiger partial charge in [0.1, 0.15) is 5.82 Å². The Balaban J connectivity index is 2.10. The van der Waals surface area contributed by atoms with Crippen LogP contribution in [0.5, 0.6) is 0 Å². The van der Waals surface area contributed by atoms with Gasteiger partial charge in [0.25, 0.3) is 0 Å². The van der Waals surface area contributed by atoms with Crippen molar-refractivity contribution in [2.24, 2.45) is 5.41 Å². The molecule has 0 fully saturated rings. The SMILES string of the molecule is Cc1n[nH]c(=O)n1-c1ccccc1CCC(=O)OCC(C)(C)C. The number of aromatic nitrogens is 3. The monoisotopic (exact) mass is 317 g/mol. The standard InChI is InChI=1S/C17H23N3O3/c1-12-18-19-16(22)20(12)14-8-6-5-7-13(14)9-10-15(21)23-11-17(2,3)4/h5-8H,9-11H2,1-4H3,(H,19,22). The van der Waals surface area contributed by atoms with Crippen LogP contribution in [0.2, 0.25) is 0 Å². The van der Waals surface area contributed by atoms with Crippen LogP contribution in [0.1, 0.15) is 38.6 Å². The zero-order valence-corrected chi connectivity index (χ0v) is 14.0. The predicted octanol–water partition coefficient (Wildman–Crippen LogP) is 2.39. The van der Waals surface area contributed by atoms with E-state index < -0.39 is 0 Å². The predicted molar refractivity (Wildman–Crippen MR) is 87.7 cm³/mol. The molecule has 1 aromatic carbocycles. The lowest BCUT2D eigenvalue weighted by molar-refractivity contribution is -0.146. The summed E-state index contributed by atoms with van der Waals surface area (Å²) in [6.07, 6.45) is 0.787. The summed E-state index contributed by atoms with van der Waals surface area (Å²) in [6, 6.07) is 7.50. The Morgan fingerprint density at radius 2 is 2.00 bits per heavy atom. The third-order valence-corrected chi connectivity index (χ3v) is 3.34. The zero-order valence-electron chi connectivity index (χ0n) is 14.0. The molecule has 0 aliphatic heterocycles. The third-order valence-electron chi connectivity index (χ3n) is 3.34. The Morgan fingerprint density at radius 3 is 2.61 bits per heavy atom. The van der Waals surface area contributed by atoms with Gasteiger partial charge in [-0.3, -0.25) is 4.79 Å². The van der Waals surface area contributed by atoms with Crippen molar-refractivity contribution in [3.63, 3.8) is 0 Å². The van der Waals surface area contributed by atoms with Gasteiger partial charge in [-0.2, -0.15) is 5.10 Å². The largest absolute Gasteiger partial charge is 0.465 e. The molecule has 0 aliphatic carbocycles. The first-order chi connectivity index (χ1) is 10.8. The van der Waals surface area contributed by atoms with Gasteiger partial charge >= 0.3 is 11.7 Å². The number of nitrogens with one attached hydrogen (secondary N) is 1. The van der Waals surface area contributed by atoms with Crippen LogP contribution >= 0.6 is 0 Å². The van der Waals surface area contributed by atoms with Gasteiger partial charge in [-0.25, -0.2) is 14.5 Å². The Kier molecular flexibility index (Phi) is 5.03. The summed E-state index contributed by atoms with van der Waals surface area (Å²) in [7, 11) is 0. The van der Waals surface area contributed by atoms with E-state index in [-0.39, 0.29) is 23.5 Å². The Bertz CT molecular complexity index is 738. The van der Waals surface area contributed by atoms with Crippen LogP contribution in [0, 0.1) is 12.3 Å². The molecule has 1 aromatic heterocycles. The van der Waals surface area contributed by atoms with E-state index in [0.29, 0.717) is 18.9 Å². The summed E-state index contributed by atoms with van der Waals surface area (Å²) in [4.78, 5) is 23.8. The van der Waals surface area contributed by atoms with Gasteiger partial charge in [-0.15, -0.1) is 0 Å². The van der Waals surface area contributed by atoms with Crippen molar-refractivity contribution in [2.75, 3.05) is 6.61 Å². The number of hydrogen-bond acceptors (Lipinski definition) is 4. The molecule has 1 heterocycles. The number of esters is 1. The van der Waals surface area contributed by atoms with Gasteiger partial charge in [-0.1, -0.05) is 39.0 Å². The van der Waals surface area contributed by atoms with Crippen LogP contribution in [-0.4, -0.2) is 27.3 Å². The minimum atomic E-state index is -0.287. The Hall–Kier alpha value is -2.37. The summed E-state index contributed by atoms with van der Waals surface area (Å²) < 4.78 is 6.79. The van der Waals surface area contributed by atoms with Gasteiger partial charge in [0.15, 0.2) is 0 Å². The highest BCUT2D eigenvalue weighted by Crippen LogP contribution is 2.17. The number of para-hydroxylation sites is 1. The minimum absolute atomic E-state index is 0.0468. The average molecular weight is 317 g/mol. The zero-order chi connectivity index (χ0) is 17.0. The van der Waals surface area contributed by atoms with E-state index in [1.54, 1.807) is 6.92 Å². The molecule has 0 saturated carbocycles. The topological polar surface area (TPSA) is 77.0 Å². The van der Waals surface area contributed by atoms with Crippen LogP contribution in [0.4, 0.5) is 0 Å². The molecule has 1 N–H and O–H groups in total. The highest BCUT2D eigenvalue weighted by molar-refractivity contribution is 5.70. The average Bonchev–Trinajstić information content (AvgIpc) is 2.82. The van der Waals surface area contributed by atoms with Gasteiger partial charge in [0.05, 0.1) is 12.3 Å². The number of benzene rings is 1. The normalized spacial score (nSPS) is 11.5. The van der Waals surface area contributed by atoms with Crippen molar-refractivity contribution in [1.82, 2.24) is 14.8 Å². The molecule has 6 heteroatoms. The second-order valence-corrected chi connectivity index (χ2v) is 6.76. The molecule has 0 radical (unpaired) electrons. The molecule has 23 heavy (non-hydrogen) atoms. The second kappa shape index (κ2) is 6.81. The lowest BCUT2D eigenvalue weighted by atomic mass is 9.99. The number of nitrogens with zero attached hydrogens (tertiary/aromatic N) is 2. The highest BCUT2D eigenvalue weighted by atomic mass is 16.5. The maximum atomic E-state index is 11.9. The quantitative estimate of drug-likeness (QED) is 0.859. The minimum Gasteiger partial charge on any atom is -0.465 e. The fourth-order valence-electron chi connectivity index (χ4n) is 2.21. The van der Waals surface area contributed by atoms with Crippen molar-refractivity contribution in [3.8, 4) is 5.69 Å². The van der Waals surface area contributed by atoms with E-state index in [0.717, 1.165) is 11.3 Å². The van der Waals surface area contributed by atoms with E-state index in [1.807, 2.05) is 45.0 Å². The van der Waals surface area contributed by atoms with E-state index in [1.165, 1.54) is 4.57 Å². The van der Waals surface area contributed by atoms with E-state index in [2.05, 4.69) is 10.2 Å². The van der Waals surface area contributed by atoms with Gasteiger partial charge in [0, 0.05) is 6.42 Å². The molecular formula is C17H23N3O3. The number of carbonyl (C=O) groups excluding carboxylic acids is 1. The lowest BCUT2D eigenvalue weighted by Crippen LogP contribution is -2.19. The first kappa shape index (κ1) is 17.0. The maximum absolute atomic E-state index is 11.9. The van der Waals surface area contributed by atoms with Crippen LogP contribution in [0.15, 0.2) is 29.1 Å². The van der Waals surface area contributed by atoms with Crippen LogP contribution < -0.4 is 5.69 Å². The van der Waals surface area contributed by atoms with Crippen LogP contribution in [-0.2, 0) is 16.0 Å². The number of H-pyrrole nitrogens is 1. The molecule has 0 atom stereocenters. The maximum Gasteiger partial charge on any atom is 0.347 e.